The van der Waals surface area contributed by atoms with Gasteiger partial charge in [-0.15, -0.1) is 11.3 Å². The topological polar surface area (TPSA) is 39.2 Å². The molecule has 1 unspecified atom stereocenters. The highest BCUT2D eigenvalue weighted by Crippen LogP contribution is 2.31. The van der Waals surface area contributed by atoms with Crippen molar-refractivity contribution in [2.75, 3.05) is 7.11 Å². The third kappa shape index (κ3) is 4.73. The van der Waals surface area contributed by atoms with Gasteiger partial charge in [-0.05, 0) is 6.07 Å². The van der Waals surface area contributed by atoms with E-state index in [4.69, 9.17) is 11.6 Å². The molecular weight excluding hydrogens is 326 g/mol. The highest BCUT2D eigenvalue weighted by atomic mass is 35.5. The second kappa shape index (κ2) is 7.82. The zero-order valence-electron chi connectivity index (χ0n) is 11.8. The van der Waals surface area contributed by atoms with E-state index in [0.717, 1.165) is 22.0 Å². The summed E-state index contributed by atoms with van der Waals surface area (Å²) in [7, 11) is 1.41. The number of benzene rings is 1. The average Bonchev–Trinajstić information content (AvgIpc) is 2.94. The van der Waals surface area contributed by atoms with Gasteiger partial charge in [0.25, 0.3) is 0 Å². The second-order valence-electron chi connectivity index (χ2n) is 4.53. The van der Waals surface area contributed by atoms with Gasteiger partial charge in [-0.3, -0.25) is 4.79 Å². The number of nitrogens with zero attached hydrogens (tertiary/aromatic N) is 1. The minimum atomic E-state index is -0.176. The van der Waals surface area contributed by atoms with E-state index in [0.29, 0.717) is 11.4 Å². The number of hydrogen-bond acceptors (Lipinski definition) is 5. The number of thiazole rings is 1. The second-order valence-corrected chi connectivity index (χ2v) is 7.22. The van der Waals surface area contributed by atoms with Gasteiger partial charge in [0.2, 0.25) is 0 Å². The lowest BCUT2D eigenvalue weighted by atomic mass is 10.2. The van der Waals surface area contributed by atoms with Crippen molar-refractivity contribution in [1.29, 1.82) is 0 Å². The molecule has 2 rings (SSSR count). The maximum Gasteiger partial charge on any atom is 0.306 e. The molecule has 0 fully saturated rings. The monoisotopic (exact) mass is 341 g/mol. The number of carbonyl (C=O) groups is 1. The lowest BCUT2D eigenvalue weighted by Crippen LogP contribution is -2.08. The van der Waals surface area contributed by atoms with Gasteiger partial charge in [-0.25, -0.2) is 4.98 Å². The lowest BCUT2D eigenvalue weighted by Gasteiger charge is -2.08. The first-order valence-electron chi connectivity index (χ1n) is 6.48. The van der Waals surface area contributed by atoms with E-state index in [1.807, 2.05) is 36.6 Å². The fourth-order valence-corrected chi connectivity index (χ4v) is 3.84. The fourth-order valence-electron chi connectivity index (χ4n) is 1.74. The molecule has 0 amide bonds. The van der Waals surface area contributed by atoms with E-state index < -0.39 is 0 Å². The number of carbonyl (C=O) groups excluding carboxylic acids is 1. The first-order valence-corrected chi connectivity index (χ1v) is 8.78. The Hall–Kier alpha value is -1.04. The molecule has 0 aliphatic heterocycles. The van der Waals surface area contributed by atoms with E-state index in [2.05, 4.69) is 9.72 Å². The Kier molecular flexibility index (Phi) is 6.08. The van der Waals surface area contributed by atoms with Crippen molar-refractivity contribution in [3.05, 3.63) is 40.4 Å². The Morgan fingerprint density at radius 1 is 1.48 bits per heavy atom. The summed E-state index contributed by atoms with van der Waals surface area (Å²) in [4.78, 5) is 15.8. The molecule has 6 heteroatoms. The predicted molar refractivity (Wildman–Crippen MR) is 90.0 cm³/mol. The summed E-state index contributed by atoms with van der Waals surface area (Å²) in [5, 5.41) is 3.89. The standard InChI is InChI=1S/C15H16ClNO2S2/c1-10(7-14(18)19-2)20-8-11-9-21-15(17-11)12-5-3-4-6-13(12)16/h3-6,9-10H,7-8H2,1-2H3. The quantitative estimate of drug-likeness (QED) is 0.717. The zero-order valence-corrected chi connectivity index (χ0v) is 14.2. The van der Waals surface area contributed by atoms with Gasteiger partial charge in [0.15, 0.2) is 0 Å². The molecule has 0 aliphatic carbocycles. The molecular formula is C15H16ClNO2S2. The van der Waals surface area contributed by atoms with Crippen molar-refractivity contribution in [3.8, 4) is 10.6 Å². The number of ether oxygens (including phenoxy) is 1. The zero-order chi connectivity index (χ0) is 15.2. The largest absolute Gasteiger partial charge is 0.469 e. The molecule has 0 N–H and O–H groups in total. The number of hydrogen-bond donors (Lipinski definition) is 0. The van der Waals surface area contributed by atoms with Crippen LogP contribution in [0.15, 0.2) is 29.6 Å². The van der Waals surface area contributed by atoms with Crippen LogP contribution < -0.4 is 0 Å². The summed E-state index contributed by atoms with van der Waals surface area (Å²) in [5.74, 6) is 0.601. The van der Waals surface area contributed by atoms with Crippen molar-refractivity contribution in [2.24, 2.45) is 0 Å². The lowest BCUT2D eigenvalue weighted by molar-refractivity contribution is -0.140. The first kappa shape index (κ1) is 16.3. The molecule has 3 nitrogen and oxygen atoms in total. The van der Waals surface area contributed by atoms with Crippen LogP contribution in [0.4, 0.5) is 0 Å². The Labute approximate surface area is 137 Å². The van der Waals surface area contributed by atoms with Gasteiger partial charge >= 0.3 is 5.97 Å². The summed E-state index contributed by atoms with van der Waals surface area (Å²) in [6, 6.07) is 7.70. The molecule has 21 heavy (non-hydrogen) atoms. The van der Waals surface area contributed by atoms with Gasteiger partial charge in [0, 0.05) is 21.9 Å². The van der Waals surface area contributed by atoms with Crippen molar-refractivity contribution in [1.82, 2.24) is 4.98 Å². The number of aromatic nitrogens is 1. The Morgan fingerprint density at radius 2 is 2.24 bits per heavy atom. The minimum Gasteiger partial charge on any atom is -0.469 e. The van der Waals surface area contributed by atoms with Crippen LogP contribution in [0.3, 0.4) is 0 Å². The molecule has 0 bridgehead atoms. The summed E-state index contributed by atoms with van der Waals surface area (Å²) in [6.07, 6.45) is 0.419. The van der Waals surface area contributed by atoms with Crippen LogP contribution in [0.1, 0.15) is 19.0 Å². The highest BCUT2D eigenvalue weighted by Gasteiger charge is 2.12. The van der Waals surface area contributed by atoms with E-state index >= 15 is 0 Å². The third-order valence-electron chi connectivity index (χ3n) is 2.85. The van der Waals surface area contributed by atoms with Crippen LogP contribution >= 0.6 is 34.7 Å². The number of methoxy groups -OCH3 is 1. The van der Waals surface area contributed by atoms with Crippen molar-refractivity contribution in [3.63, 3.8) is 0 Å². The third-order valence-corrected chi connectivity index (χ3v) is 5.31. The van der Waals surface area contributed by atoms with E-state index in [-0.39, 0.29) is 11.2 Å². The van der Waals surface area contributed by atoms with Crippen molar-refractivity contribution >= 4 is 40.7 Å². The molecule has 0 radical (unpaired) electrons. The molecule has 0 saturated heterocycles. The molecule has 0 spiro atoms. The van der Waals surface area contributed by atoms with E-state index in [1.54, 1.807) is 23.1 Å². The molecule has 112 valence electrons. The smallest absolute Gasteiger partial charge is 0.306 e. The molecule has 1 heterocycles. The Morgan fingerprint density at radius 3 is 2.95 bits per heavy atom. The molecule has 2 aromatic rings. The van der Waals surface area contributed by atoms with Gasteiger partial charge in [-0.1, -0.05) is 36.7 Å². The minimum absolute atomic E-state index is 0.176. The molecule has 1 atom stereocenters. The number of thioether (sulfide) groups is 1. The van der Waals surface area contributed by atoms with Crippen LogP contribution in [-0.4, -0.2) is 23.3 Å². The maximum atomic E-state index is 11.2. The van der Waals surface area contributed by atoms with E-state index in [1.165, 1.54) is 7.11 Å². The van der Waals surface area contributed by atoms with Gasteiger partial charge in [0.05, 0.1) is 24.2 Å². The van der Waals surface area contributed by atoms with Crippen LogP contribution in [0, 0.1) is 0 Å². The summed E-state index contributed by atoms with van der Waals surface area (Å²) in [6.45, 7) is 2.02. The Balaban J connectivity index is 1.95. The summed E-state index contributed by atoms with van der Waals surface area (Å²) in [5.41, 5.74) is 1.97. The number of halogens is 1. The van der Waals surface area contributed by atoms with Crippen molar-refractivity contribution < 1.29 is 9.53 Å². The van der Waals surface area contributed by atoms with Crippen LogP contribution in [-0.2, 0) is 15.3 Å². The average molecular weight is 342 g/mol. The normalized spacial score (nSPS) is 12.1. The molecule has 1 aromatic heterocycles. The highest BCUT2D eigenvalue weighted by molar-refractivity contribution is 7.99. The molecule has 1 aromatic carbocycles. The van der Waals surface area contributed by atoms with Crippen molar-refractivity contribution in [2.45, 2.75) is 24.3 Å². The molecule has 0 saturated carbocycles. The SMILES string of the molecule is COC(=O)CC(C)SCc1csc(-c2ccccc2Cl)n1. The van der Waals surface area contributed by atoms with Gasteiger partial charge < -0.3 is 4.74 Å². The van der Waals surface area contributed by atoms with E-state index in [9.17, 15) is 4.79 Å². The first-order chi connectivity index (χ1) is 10.1. The summed E-state index contributed by atoms with van der Waals surface area (Å²) < 4.78 is 4.67. The van der Waals surface area contributed by atoms with Crippen LogP contribution in [0.5, 0.6) is 0 Å². The van der Waals surface area contributed by atoms with Gasteiger partial charge in [-0.2, -0.15) is 11.8 Å². The predicted octanol–water partition coefficient (Wildman–Crippen LogP) is 4.65. The summed E-state index contributed by atoms with van der Waals surface area (Å²) >= 11 is 9.46. The van der Waals surface area contributed by atoms with Crippen LogP contribution in [0.2, 0.25) is 5.02 Å². The Bertz CT molecular complexity index is 615. The molecule has 0 aliphatic rings. The van der Waals surface area contributed by atoms with Crippen LogP contribution in [0.25, 0.3) is 10.6 Å². The fraction of sp³-hybridized carbons (Fsp3) is 0.333. The number of esters is 1. The maximum absolute atomic E-state index is 11.2. The number of rotatable bonds is 6. The van der Waals surface area contributed by atoms with Gasteiger partial charge in [0.1, 0.15) is 5.01 Å².